The number of hydrogen-bond acceptors (Lipinski definition) is 3. The number of benzene rings is 2. The number of aromatic nitrogens is 1. The number of carbonyl (C=O) groups is 1. The van der Waals surface area contributed by atoms with E-state index in [4.69, 9.17) is 16.1 Å². The van der Waals surface area contributed by atoms with Gasteiger partial charge in [0.05, 0.1) is 6.42 Å². The highest BCUT2D eigenvalue weighted by atomic mass is 35.5. The number of aryl methyl sites for hydroxylation is 3. The lowest BCUT2D eigenvalue weighted by molar-refractivity contribution is -0.115. The maximum Gasteiger partial charge on any atom is 0.230 e. The summed E-state index contributed by atoms with van der Waals surface area (Å²) < 4.78 is 5.35. The molecule has 0 radical (unpaired) electrons. The Morgan fingerprint density at radius 1 is 1.17 bits per heavy atom. The van der Waals surface area contributed by atoms with Crippen LogP contribution < -0.4 is 5.32 Å². The van der Waals surface area contributed by atoms with E-state index in [0.717, 1.165) is 27.8 Å². The molecule has 0 spiro atoms. The van der Waals surface area contributed by atoms with Gasteiger partial charge in [-0.05, 0) is 61.7 Å². The number of halogens is 1. The van der Waals surface area contributed by atoms with E-state index < -0.39 is 0 Å². The van der Waals surface area contributed by atoms with E-state index >= 15 is 0 Å². The van der Waals surface area contributed by atoms with E-state index in [0.29, 0.717) is 16.3 Å². The lowest BCUT2D eigenvalue weighted by atomic mass is 10.0. The second-order valence-corrected chi connectivity index (χ2v) is 6.20. The largest absolute Gasteiger partial charge is 0.356 e. The molecule has 0 fully saturated rings. The van der Waals surface area contributed by atoms with E-state index in [1.165, 1.54) is 0 Å². The summed E-state index contributed by atoms with van der Waals surface area (Å²) in [5.74, 6) is -0.134. The fourth-order valence-electron chi connectivity index (χ4n) is 2.75. The second kappa shape index (κ2) is 6.05. The van der Waals surface area contributed by atoms with Gasteiger partial charge in [-0.15, -0.1) is 0 Å². The fraction of sp³-hybridized carbons (Fsp3) is 0.222. The Kier molecular flexibility index (Phi) is 4.09. The van der Waals surface area contributed by atoms with Gasteiger partial charge in [-0.25, -0.2) is 0 Å². The van der Waals surface area contributed by atoms with Crippen LogP contribution in [-0.4, -0.2) is 11.1 Å². The number of nitrogens with zero attached hydrogens (tertiary/aromatic N) is 1. The number of rotatable bonds is 3. The average molecular weight is 329 g/mol. The van der Waals surface area contributed by atoms with E-state index in [1.54, 1.807) is 12.1 Å². The fourth-order valence-corrected chi connectivity index (χ4v) is 2.98. The molecule has 2 aromatic carbocycles. The Balaban J connectivity index is 1.83. The lowest BCUT2D eigenvalue weighted by Crippen LogP contribution is -2.15. The molecule has 1 aromatic heterocycles. The van der Waals surface area contributed by atoms with Gasteiger partial charge in [-0.1, -0.05) is 22.8 Å². The van der Waals surface area contributed by atoms with Crippen molar-refractivity contribution in [1.29, 1.82) is 0 Å². The van der Waals surface area contributed by atoms with Gasteiger partial charge in [0.1, 0.15) is 5.69 Å². The number of hydrogen-bond donors (Lipinski definition) is 1. The molecule has 118 valence electrons. The molecule has 0 saturated carbocycles. The average Bonchev–Trinajstić information content (AvgIpc) is 2.85. The monoisotopic (exact) mass is 328 g/mol. The first kappa shape index (κ1) is 15.6. The Morgan fingerprint density at radius 3 is 2.70 bits per heavy atom. The van der Waals surface area contributed by atoms with Crippen LogP contribution in [0.1, 0.15) is 22.4 Å². The first-order valence-corrected chi connectivity index (χ1v) is 7.73. The minimum atomic E-state index is -0.134. The number of carbonyl (C=O) groups excluding carboxylic acids is 1. The molecule has 0 aliphatic carbocycles. The highest BCUT2D eigenvalue weighted by molar-refractivity contribution is 6.30. The van der Waals surface area contributed by atoms with Crippen molar-refractivity contribution in [1.82, 2.24) is 5.16 Å². The van der Waals surface area contributed by atoms with Crippen LogP contribution in [0.3, 0.4) is 0 Å². The van der Waals surface area contributed by atoms with Gasteiger partial charge in [0.15, 0.2) is 5.58 Å². The van der Waals surface area contributed by atoms with Crippen molar-refractivity contribution in [3.63, 3.8) is 0 Å². The summed E-state index contributed by atoms with van der Waals surface area (Å²) in [6.45, 7) is 5.90. The van der Waals surface area contributed by atoms with Gasteiger partial charge in [0.2, 0.25) is 5.91 Å². The maximum atomic E-state index is 12.3. The van der Waals surface area contributed by atoms with Crippen molar-refractivity contribution >= 4 is 34.2 Å². The number of anilines is 1. The smallest absolute Gasteiger partial charge is 0.230 e. The maximum absolute atomic E-state index is 12.3. The van der Waals surface area contributed by atoms with Crippen molar-refractivity contribution in [3.8, 4) is 0 Å². The van der Waals surface area contributed by atoms with Crippen LogP contribution in [0, 0.1) is 20.8 Å². The van der Waals surface area contributed by atoms with Crippen molar-refractivity contribution in [3.05, 3.63) is 57.7 Å². The Morgan fingerprint density at radius 2 is 1.96 bits per heavy atom. The van der Waals surface area contributed by atoms with Crippen LogP contribution in [-0.2, 0) is 11.2 Å². The molecule has 0 bridgehead atoms. The topological polar surface area (TPSA) is 55.1 Å². The Labute approximate surface area is 139 Å². The van der Waals surface area contributed by atoms with Crippen molar-refractivity contribution < 1.29 is 9.32 Å². The third-order valence-electron chi connectivity index (χ3n) is 3.78. The van der Waals surface area contributed by atoms with Crippen LogP contribution in [0.2, 0.25) is 5.02 Å². The van der Waals surface area contributed by atoms with Gasteiger partial charge in [-0.2, -0.15) is 0 Å². The van der Waals surface area contributed by atoms with Gasteiger partial charge in [0.25, 0.3) is 0 Å². The lowest BCUT2D eigenvalue weighted by Gasteiger charge is -2.08. The van der Waals surface area contributed by atoms with Gasteiger partial charge >= 0.3 is 0 Å². The Bertz CT molecular complexity index is 899. The molecular weight excluding hydrogens is 312 g/mol. The zero-order valence-electron chi connectivity index (χ0n) is 13.2. The molecule has 4 nitrogen and oxygen atoms in total. The molecule has 0 aliphatic rings. The van der Waals surface area contributed by atoms with Gasteiger partial charge < -0.3 is 9.84 Å². The molecule has 0 aliphatic heterocycles. The summed E-state index contributed by atoms with van der Waals surface area (Å²) in [4.78, 5) is 12.3. The van der Waals surface area contributed by atoms with Crippen LogP contribution in [0.15, 0.2) is 34.9 Å². The van der Waals surface area contributed by atoms with E-state index in [1.807, 2.05) is 32.9 Å². The van der Waals surface area contributed by atoms with E-state index in [9.17, 15) is 4.79 Å². The minimum Gasteiger partial charge on any atom is -0.356 e. The highest BCUT2D eigenvalue weighted by Crippen LogP contribution is 2.25. The second-order valence-electron chi connectivity index (χ2n) is 5.77. The normalized spacial score (nSPS) is 11.0. The van der Waals surface area contributed by atoms with E-state index in [2.05, 4.69) is 16.5 Å². The zero-order chi connectivity index (χ0) is 16.6. The highest BCUT2D eigenvalue weighted by Gasteiger charge is 2.15. The van der Waals surface area contributed by atoms with Crippen LogP contribution in [0.5, 0.6) is 0 Å². The van der Waals surface area contributed by atoms with Crippen LogP contribution in [0.4, 0.5) is 5.69 Å². The zero-order valence-corrected chi connectivity index (χ0v) is 14.0. The standard InChI is InChI=1S/C18H17ClN2O2/c1-10-6-12(3)18-15(21-23-16(18)7-10)9-17(22)20-14-5-4-13(19)8-11(14)2/h4-8H,9H2,1-3H3,(H,20,22). The Hall–Kier alpha value is -2.33. The molecule has 1 heterocycles. The van der Waals surface area contributed by atoms with Gasteiger partial charge in [0, 0.05) is 16.1 Å². The molecule has 5 heteroatoms. The van der Waals surface area contributed by atoms with E-state index in [-0.39, 0.29) is 12.3 Å². The summed E-state index contributed by atoms with van der Waals surface area (Å²) >= 11 is 5.93. The molecule has 23 heavy (non-hydrogen) atoms. The van der Waals surface area contributed by atoms with Gasteiger partial charge in [-0.3, -0.25) is 4.79 Å². The molecule has 0 saturated heterocycles. The molecule has 1 amide bonds. The summed E-state index contributed by atoms with van der Waals surface area (Å²) in [6, 6.07) is 9.35. The molecule has 3 aromatic rings. The first-order chi connectivity index (χ1) is 10.9. The molecule has 1 N–H and O–H groups in total. The molecule has 0 unspecified atom stereocenters. The summed E-state index contributed by atoms with van der Waals surface area (Å²) in [5.41, 5.74) is 5.21. The van der Waals surface area contributed by atoms with Crippen LogP contribution in [0.25, 0.3) is 11.0 Å². The quantitative estimate of drug-likeness (QED) is 0.765. The minimum absolute atomic E-state index is 0.134. The summed E-state index contributed by atoms with van der Waals surface area (Å²) in [6.07, 6.45) is 0.166. The number of fused-ring (bicyclic) bond motifs is 1. The molecule has 3 rings (SSSR count). The summed E-state index contributed by atoms with van der Waals surface area (Å²) in [5, 5.41) is 8.51. The predicted octanol–water partition coefficient (Wildman–Crippen LogP) is 4.59. The van der Waals surface area contributed by atoms with Crippen molar-refractivity contribution in [2.75, 3.05) is 5.32 Å². The number of nitrogens with one attached hydrogen (secondary N) is 1. The van der Waals surface area contributed by atoms with Crippen molar-refractivity contribution in [2.45, 2.75) is 27.2 Å². The molecular formula is C18H17ClN2O2. The third kappa shape index (κ3) is 3.22. The van der Waals surface area contributed by atoms with Crippen LogP contribution >= 0.6 is 11.6 Å². The SMILES string of the molecule is Cc1cc(C)c2c(CC(=O)Nc3ccc(Cl)cc3C)noc2c1. The third-order valence-corrected chi connectivity index (χ3v) is 4.01. The number of amides is 1. The summed E-state index contributed by atoms with van der Waals surface area (Å²) in [7, 11) is 0. The first-order valence-electron chi connectivity index (χ1n) is 7.35. The predicted molar refractivity (Wildman–Crippen MR) is 92.0 cm³/mol. The van der Waals surface area contributed by atoms with Crippen molar-refractivity contribution in [2.24, 2.45) is 0 Å². The molecule has 0 atom stereocenters.